The second kappa shape index (κ2) is 40.6. The van der Waals surface area contributed by atoms with E-state index in [1.54, 1.807) is 6.92 Å². The second-order valence-corrected chi connectivity index (χ2v) is 18.9. The Hall–Kier alpha value is -1.19. The standard InChI is InChI=1S/C47H94N2O6S/c1-6-11-21-30-44(31-22-12-7-2)36-42-54-46(50)34-25-17-15-19-27-39-49(41-29-38-48-56(52,53)10-5)40-28-20-16-18-26-35-47(51)55-43-37-45(32-23-13-8-3)33-24-14-9-4/h44-45,48H,6-43H2,1-5H3. The highest BCUT2D eigenvalue weighted by Crippen LogP contribution is 2.22. The smallest absolute Gasteiger partial charge is 0.305 e. The number of carbonyl (C=O) groups excluding carboxylic acids is 2. The number of esters is 2. The first-order chi connectivity index (χ1) is 27.2. The van der Waals surface area contributed by atoms with E-state index in [2.05, 4.69) is 37.3 Å². The van der Waals surface area contributed by atoms with Crippen molar-refractivity contribution in [3.63, 3.8) is 0 Å². The molecule has 0 unspecified atom stereocenters. The molecule has 0 saturated heterocycles. The molecule has 0 atom stereocenters. The molecule has 9 heteroatoms. The Kier molecular flexibility index (Phi) is 39.7. The maximum absolute atomic E-state index is 12.4. The van der Waals surface area contributed by atoms with Gasteiger partial charge in [0.15, 0.2) is 0 Å². The molecular formula is C47H94N2O6S. The van der Waals surface area contributed by atoms with Crippen molar-refractivity contribution in [1.29, 1.82) is 0 Å². The van der Waals surface area contributed by atoms with Crippen LogP contribution in [0.5, 0.6) is 0 Å². The number of carbonyl (C=O) groups is 2. The van der Waals surface area contributed by atoms with Crippen LogP contribution < -0.4 is 4.72 Å². The largest absolute Gasteiger partial charge is 0.466 e. The van der Waals surface area contributed by atoms with E-state index in [0.717, 1.165) is 103 Å². The number of nitrogens with zero attached hydrogens (tertiary/aromatic N) is 1. The molecule has 0 aromatic rings. The lowest BCUT2D eigenvalue weighted by Gasteiger charge is -2.22. The van der Waals surface area contributed by atoms with E-state index in [1.165, 1.54) is 103 Å². The summed E-state index contributed by atoms with van der Waals surface area (Å²) in [7, 11) is -3.16. The molecule has 0 bridgehead atoms. The van der Waals surface area contributed by atoms with Crippen LogP contribution in [0.2, 0.25) is 0 Å². The van der Waals surface area contributed by atoms with Crippen LogP contribution in [0, 0.1) is 11.8 Å². The third kappa shape index (κ3) is 37.1. The molecule has 0 rings (SSSR count). The van der Waals surface area contributed by atoms with Crippen molar-refractivity contribution in [2.45, 2.75) is 234 Å². The molecular weight excluding hydrogens is 721 g/mol. The number of hydrogen-bond acceptors (Lipinski definition) is 7. The monoisotopic (exact) mass is 815 g/mol. The summed E-state index contributed by atoms with van der Waals surface area (Å²) in [6, 6.07) is 0. The van der Waals surface area contributed by atoms with E-state index in [-0.39, 0.29) is 17.7 Å². The van der Waals surface area contributed by atoms with Crippen LogP contribution in [-0.2, 0) is 29.1 Å². The molecule has 0 aliphatic rings. The predicted octanol–water partition coefficient (Wildman–Crippen LogP) is 12.7. The van der Waals surface area contributed by atoms with Gasteiger partial charge < -0.3 is 14.4 Å². The van der Waals surface area contributed by atoms with Gasteiger partial charge >= 0.3 is 11.9 Å². The Morgan fingerprint density at radius 1 is 0.464 bits per heavy atom. The van der Waals surface area contributed by atoms with Gasteiger partial charge in [0.2, 0.25) is 10.0 Å². The van der Waals surface area contributed by atoms with E-state index in [0.29, 0.717) is 44.4 Å². The Bertz CT molecular complexity index is 902. The zero-order valence-corrected chi connectivity index (χ0v) is 38.6. The molecule has 0 amide bonds. The van der Waals surface area contributed by atoms with Crippen LogP contribution in [-0.4, -0.2) is 70.4 Å². The molecule has 0 aromatic carbocycles. The van der Waals surface area contributed by atoms with Crippen LogP contribution >= 0.6 is 0 Å². The number of hydrogen-bond donors (Lipinski definition) is 1. The summed E-state index contributed by atoms with van der Waals surface area (Å²) in [5.41, 5.74) is 0. The lowest BCUT2D eigenvalue weighted by Crippen LogP contribution is -2.32. The van der Waals surface area contributed by atoms with Gasteiger partial charge in [-0.3, -0.25) is 9.59 Å². The topological polar surface area (TPSA) is 102 Å². The van der Waals surface area contributed by atoms with Gasteiger partial charge in [0, 0.05) is 19.4 Å². The lowest BCUT2D eigenvalue weighted by atomic mass is 9.92. The summed E-state index contributed by atoms with van der Waals surface area (Å²) < 4.78 is 37.7. The van der Waals surface area contributed by atoms with Crippen LogP contribution in [0.3, 0.4) is 0 Å². The minimum Gasteiger partial charge on any atom is -0.466 e. The molecule has 0 saturated carbocycles. The highest BCUT2D eigenvalue weighted by atomic mass is 32.2. The second-order valence-electron chi connectivity index (χ2n) is 16.8. The predicted molar refractivity (Wildman–Crippen MR) is 239 cm³/mol. The third-order valence-electron chi connectivity index (χ3n) is 11.5. The SMILES string of the molecule is CCCCCC(CCCCC)CCOC(=O)CCCCCCCN(CCCCCCCC(=O)OCCC(CCCCC)CCCCC)CCCNS(=O)(=O)CC. The summed E-state index contributed by atoms with van der Waals surface area (Å²) in [5, 5.41) is 0. The van der Waals surface area contributed by atoms with E-state index < -0.39 is 10.0 Å². The van der Waals surface area contributed by atoms with Crippen molar-refractivity contribution in [3.8, 4) is 0 Å². The number of ether oxygens (including phenoxy) is 2. The van der Waals surface area contributed by atoms with Crippen LogP contribution in [0.1, 0.15) is 234 Å². The van der Waals surface area contributed by atoms with Crippen LogP contribution in [0.25, 0.3) is 0 Å². The number of unbranched alkanes of at least 4 members (excludes halogenated alkanes) is 16. The molecule has 334 valence electrons. The lowest BCUT2D eigenvalue weighted by molar-refractivity contribution is -0.145. The Morgan fingerprint density at radius 2 is 0.821 bits per heavy atom. The maximum atomic E-state index is 12.4. The third-order valence-corrected chi connectivity index (χ3v) is 12.9. The minimum atomic E-state index is -3.16. The van der Waals surface area contributed by atoms with Gasteiger partial charge in [0.05, 0.1) is 19.0 Å². The zero-order chi connectivity index (χ0) is 41.4. The normalized spacial score (nSPS) is 12.0. The fraction of sp³-hybridized carbons (Fsp3) is 0.957. The van der Waals surface area contributed by atoms with Crippen LogP contribution in [0.4, 0.5) is 0 Å². The van der Waals surface area contributed by atoms with E-state index in [9.17, 15) is 18.0 Å². The first-order valence-electron chi connectivity index (χ1n) is 24.2. The molecule has 0 fully saturated rings. The summed E-state index contributed by atoms with van der Waals surface area (Å²) in [6.45, 7) is 15.2. The summed E-state index contributed by atoms with van der Waals surface area (Å²) in [4.78, 5) is 27.2. The van der Waals surface area contributed by atoms with E-state index >= 15 is 0 Å². The van der Waals surface area contributed by atoms with Crippen molar-refractivity contribution in [3.05, 3.63) is 0 Å². The average molecular weight is 815 g/mol. The molecule has 0 aromatic heterocycles. The molecule has 56 heavy (non-hydrogen) atoms. The quantitative estimate of drug-likeness (QED) is 0.0483. The van der Waals surface area contributed by atoms with E-state index in [4.69, 9.17) is 9.47 Å². The summed E-state index contributed by atoms with van der Waals surface area (Å²) in [6.07, 6.45) is 34.9. The Balaban J connectivity index is 4.33. The highest BCUT2D eigenvalue weighted by Gasteiger charge is 2.13. The first kappa shape index (κ1) is 54.8. The highest BCUT2D eigenvalue weighted by molar-refractivity contribution is 7.89. The maximum Gasteiger partial charge on any atom is 0.305 e. The van der Waals surface area contributed by atoms with Gasteiger partial charge in [0.25, 0.3) is 0 Å². The van der Waals surface area contributed by atoms with Gasteiger partial charge in [-0.25, -0.2) is 13.1 Å². The molecule has 8 nitrogen and oxygen atoms in total. The molecule has 0 heterocycles. The van der Waals surface area contributed by atoms with Gasteiger partial charge in [-0.2, -0.15) is 0 Å². The minimum absolute atomic E-state index is 0.0367. The fourth-order valence-electron chi connectivity index (χ4n) is 7.66. The van der Waals surface area contributed by atoms with Crippen molar-refractivity contribution >= 4 is 22.0 Å². The molecule has 1 N–H and O–H groups in total. The average Bonchev–Trinajstić information content (AvgIpc) is 3.18. The van der Waals surface area contributed by atoms with Gasteiger partial charge in [-0.1, -0.05) is 169 Å². The number of rotatable bonds is 44. The van der Waals surface area contributed by atoms with Crippen LogP contribution in [0.15, 0.2) is 0 Å². The Morgan fingerprint density at radius 3 is 1.20 bits per heavy atom. The summed E-state index contributed by atoms with van der Waals surface area (Å²) >= 11 is 0. The van der Waals surface area contributed by atoms with Gasteiger partial charge in [0.1, 0.15) is 0 Å². The van der Waals surface area contributed by atoms with Crippen molar-refractivity contribution in [2.75, 3.05) is 45.1 Å². The molecule has 0 spiro atoms. The molecule has 0 radical (unpaired) electrons. The first-order valence-corrected chi connectivity index (χ1v) is 25.9. The molecule has 0 aliphatic carbocycles. The zero-order valence-electron chi connectivity index (χ0n) is 37.8. The van der Waals surface area contributed by atoms with Crippen molar-refractivity contribution < 1.29 is 27.5 Å². The van der Waals surface area contributed by atoms with Gasteiger partial charge in [-0.05, 0) is 83.3 Å². The van der Waals surface area contributed by atoms with E-state index in [1.807, 2.05) is 0 Å². The van der Waals surface area contributed by atoms with Crippen molar-refractivity contribution in [2.24, 2.45) is 11.8 Å². The van der Waals surface area contributed by atoms with Crippen molar-refractivity contribution in [1.82, 2.24) is 9.62 Å². The fourth-order valence-corrected chi connectivity index (χ4v) is 8.32. The summed E-state index contributed by atoms with van der Waals surface area (Å²) in [5.74, 6) is 1.42. The van der Waals surface area contributed by atoms with Gasteiger partial charge in [-0.15, -0.1) is 0 Å². The number of sulfonamides is 1. The Labute approximate surface area is 348 Å². The number of nitrogens with one attached hydrogen (secondary N) is 1. The molecule has 0 aliphatic heterocycles.